The van der Waals surface area contributed by atoms with Crippen molar-refractivity contribution in [2.45, 2.75) is 95.8 Å². The molecule has 1 nitrogen and oxygen atoms in total. The van der Waals surface area contributed by atoms with Crippen LogP contribution in [0, 0.1) is 29.1 Å². The molecule has 2 saturated carbocycles. The van der Waals surface area contributed by atoms with Crippen molar-refractivity contribution < 1.29 is 4.39 Å². The third kappa shape index (κ3) is 7.29. The van der Waals surface area contributed by atoms with Crippen LogP contribution in [0.5, 0.6) is 0 Å². The van der Waals surface area contributed by atoms with Gasteiger partial charge in [-0.2, -0.15) is 5.26 Å². The largest absolute Gasteiger partial charge is 0.216 e. The van der Waals surface area contributed by atoms with Crippen LogP contribution in [0.4, 0.5) is 4.39 Å². The van der Waals surface area contributed by atoms with Crippen LogP contribution in [0.15, 0.2) is 36.7 Å². The smallest absolute Gasteiger partial charge is 0.0991 e. The third-order valence-corrected chi connectivity index (χ3v) is 7.63. The van der Waals surface area contributed by atoms with E-state index in [1.807, 2.05) is 12.1 Å². The molecule has 0 bridgehead atoms. The zero-order valence-electron chi connectivity index (χ0n) is 18.0. The second-order valence-corrected chi connectivity index (χ2v) is 9.56. The Morgan fingerprint density at radius 1 is 0.793 bits per heavy atom. The Hall–Kier alpha value is -1.62. The summed E-state index contributed by atoms with van der Waals surface area (Å²) in [6.07, 6.45) is 21.0. The molecule has 3 rings (SSSR count). The van der Waals surface area contributed by atoms with Gasteiger partial charge in [0.1, 0.15) is 0 Å². The lowest BCUT2D eigenvalue weighted by atomic mass is 9.74. The van der Waals surface area contributed by atoms with Crippen LogP contribution < -0.4 is 0 Å². The summed E-state index contributed by atoms with van der Waals surface area (Å²) in [4.78, 5) is 0. The first-order valence-corrected chi connectivity index (χ1v) is 12.0. The zero-order valence-corrected chi connectivity index (χ0v) is 18.0. The summed E-state index contributed by atoms with van der Waals surface area (Å²) in [6.45, 7) is 0. The Kier molecular flexibility index (Phi) is 9.26. The fraction of sp³-hybridized carbons (Fsp3) is 0.667. The molecule has 2 aliphatic rings. The van der Waals surface area contributed by atoms with Gasteiger partial charge in [0.25, 0.3) is 0 Å². The van der Waals surface area contributed by atoms with Crippen LogP contribution >= 0.6 is 0 Å². The summed E-state index contributed by atoms with van der Waals surface area (Å²) in [5, 5.41) is 8.96. The van der Waals surface area contributed by atoms with E-state index in [-0.39, 0.29) is 0 Å². The Balaban J connectivity index is 1.28. The molecule has 2 aliphatic carbocycles. The molecule has 0 radical (unpaired) electrons. The van der Waals surface area contributed by atoms with Gasteiger partial charge in [-0.25, -0.2) is 4.39 Å². The minimum absolute atomic E-state index is 0.685. The highest BCUT2D eigenvalue weighted by atomic mass is 19.1. The maximum absolute atomic E-state index is 12.0. The van der Waals surface area contributed by atoms with Crippen molar-refractivity contribution in [3.8, 4) is 6.07 Å². The van der Waals surface area contributed by atoms with Crippen LogP contribution in [0.1, 0.15) is 107 Å². The van der Waals surface area contributed by atoms with Crippen molar-refractivity contribution in [3.05, 3.63) is 47.8 Å². The third-order valence-electron chi connectivity index (χ3n) is 7.63. The van der Waals surface area contributed by atoms with E-state index in [9.17, 15) is 4.39 Å². The van der Waals surface area contributed by atoms with Gasteiger partial charge in [-0.15, -0.1) is 0 Å². The van der Waals surface area contributed by atoms with Gasteiger partial charge >= 0.3 is 0 Å². The van der Waals surface area contributed by atoms with Crippen LogP contribution in [0.3, 0.4) is 0 Å². The summed E-state index contributed by atoms with van der Waals surface area (Å²) in [5.74, 6) is 3.54. The fourth-order valence-electron chi connectivity index (χ4n) is 5.65. The minimum atomic E-state index is 0.685. The van der Waals surface area contributed by atoms with Crippen molar-refractivity contribution in [2.75, 3.05) is 0 Å². The quantitative estimate of drug-likeness (QED) is 0.385. The Morgan fingerprint density at radius 3 is 1.90 bits per heavy atom. The van der Waals surface area contributed by atoms with E-state index < -0.39 is 0 Å². The summed E-state index contributed by atoms with van der Waals surface area (Å²) in [5.41, 5.74) is 2.20. The van der Waals surface area contributed by atoms with Crippen molar-refractivity contribution in [1.82, 2.24) is 0 Å². The molecule has 0 atom stereocenters. The van der Waals surface area contributed by atoms with Crippen molar-refractivity contribution in [2.24, 2.45) is 17.8 Å². The van der Waals surface area contributed by atoms with Gasteiger partial charge < -0.3 is 0 Å². The average Bonchev–Trinajstić information content (AvgIpc) is 2.79. The highest BCUT2D eigenvalue weighted by Gasteiger charge is 2.25. The minimum Gasteiger partial charge on any atom is -0.216 e. The number of halogens is 1. The maximum atomic E-state index is 12.0. The zero-order chi connectivity index (χ0) is 20.3. The Labute approximate surface area is 177 Å². The maximum Gasteiger partial charge on any atom is 0.0991 e. The molecular formula is C27H38FN. The molecule has 0 heterocycles. The SMILES string of the molecule is N#Cc1ccc([C@H]2CC[C@H](CC[C@H]3CC[C@H](CCCC/C=C/F)CC3)CC2)cc1. The molecule has 0 aliphatic heterocycles. The molecule has 158 valence electrons. The summed E-state index contributed by atoms with van der Waals surface area (Å²) < 4.78 is 12.0. The van der Waals surface area contributed by atoms with Gasteiger partial charge in [-0.3, -0.25) is 0 Å². The van der Waals surface area contributed by atoms with Crippen LogP contribution in [-0.4, -0.2) is 0 Å². The monoisotopic (exact) mass is 395 g/mol. The molecule has 0 saturated heterocycles. The predicted molar refractivity (Wildman–Crippen MR) is 119 cm³/mol. The molecule has 1 aromatic rings. The normalized spacial score (nSPS) is 27.7. The number of allylic oxidation sites excluding steroid dienone is 1. The van der Waals surface area contributed by atoms with E-state index in [0.717, 1.165) is 36.2 Å². The first-order valence-electron chi connectivity index (χ1n) is 12.0. The first kappa shape index (κ1) is 22.1. The average molecular weight is 396 g/mol. The molecule has 0 unspecified atom stereocenters. The van der Waals surface area contributed by atoms with E-state index in [2.05, 4.69) is 18.2 Å². The van der Waals surface area contributed by atoms with Gasteiger partial charge in [0.2, 0.25) is 0 Å². The number of hydrogen-bond donors (Lipinski definition) is 0. The lowest BCUT2D eigenvalue weighted by Gasteiger charge is -2.32. The molecule has 0 amide bonds. The number of benzene rings is 1. The van der Waals surface area contributed by atoms with Crippen molar-refractivity contribution in [3.63, 3.8) is 0 Å². The Morgan fingerprint density at radius 2 is 1.34 bits per heavy atom. The van der Waals surface area contributed by atoms with E-state index in [1.54, 1.807) is 6.08 Å². The van der Waals surface area contributed by atoms with E-state index >= 15 is 0 Å². The van der Waals surface area contributed by atoms with E-state index in [0.29, 0.717) is 12.2 Å². The van der Waals surface area contributed by atoms with E-state index in [1.165, 1.54) is 82.6 Å². The highest BCUT2D eigenvalue weighted by molar-refractivity contribution is 5.33. The van der Waals surface area contributed by atoms with E-state index in [4.69, 9.17) is 5.26 Å². The van der Waals surface area contributed by atoms with Gasteiger partial charge in [0, 0.05) is 0 Å². The Bertz CT molecular complexity index is 640. The number of hydrogen-bond acceptors (Lipinski definition) is 1. The second-order valence-electron chi connectivity index (χ2n) is 9.56. The van der Waals surface area contributed by atoms with Gasteiger partial charge in [0.05, 0.1) is 18.0 Å². The summed E-state index contributed by atoms with van der Waals surface area (Å²) >= 11 is 0. The predicted octanol–water partition coefficient (Wildman–Crippen LogP) is 8.46. The fourth-order valence-corrected chi connectivity index (χ4v) is 5.65. The van der Waals surface area contributed by atoms with Crippen LogP contribution in [-0.2, 0) is 0 Å². The first-order chi connectivity index (χ1) is 14.3. The molecule has 1 aromatic carbocycles. The molecule has 2 fully saturated rings. The van der Waals surface area contributed by atoms with Gasteiger partial charge in [0.15, 0.2) is 0 Å². The number of unbranched alkanes of at least 4 members (excludes halogenated alkanes) is 2. The molecular weight excluding hydrogens is 357 g/mol. The van der Waals surface area contributed by atoms with Gasteiger partial charge in [-0.05, 0) is 79.9 Å². The number of nitrogens with zero attached hydrogens (tertiary/aromatic N) is 1. The molecule has 2 heteroatoms. The highest BCUT2D eigenvalue weighted by Crippen LogP contribution is 2.40. The molecule has 29 heavy (non-hydrogen) atoms. The lowest BCUT2D eigenvalue weighted by molar-refractivity contribution is 0.222. The topological polar surface area (TPSA) is 23.8 Å². The van der Waals surface area contributed by atoms with Gasteiger partial charge in [-0.1, -0.05) is 69.6 Å². The lowest BCUT2D eigenvalue weighted by Crippen LogP contribution is -2.17. The van der Waals surface area contributed by atoms with Crippen LogP contribution in [0.25, 0.3) is 0 Å². The number of nitriles is 1. The number of rotatable bonds is 9. The molecule has 0 aromatic heterocycles. The van der Waals surface area contributed by atoms with Crippen LogP contribution in [0.2, 0.25) is 0 Å². The molecule has 0 spiro atoms. The molecule has 0 N–H and O–H groups in total. The standard InChI is InChI=1S/C27H38FN/c28-20-4-2-1-3-5-22-6-8-23(9-7-22)10-11-24-12-16-26(17-13-24)27-18-14-25(21-29)15-19-27/h4,14-15,18-20,22-24,26H,1-3,5-13,16-17H2/b20-4+/t22-,23-,24-,26-. The van der Waals surface area contributed by atoms with Crippen molar-refractivity contribution in [1.29, 1.82) is 5.26 Å². The summed E-state index contributed by atoms with van der Waals surface area (Å²) in [7, 11) is 0. The van der Waals surface area contributed by atoms with Crippen molar-refractivity contribution >= 4 is 0 Å². The summed E-state index contributed by atoms with van der Waals surface area (Å²) in [6, 6.07) is 10.5. The second kappa shape index (κ2) is 12.2.